The Labute approximate surface area is 131 Å². The molecular formula is C6H3KN5O4. The van der Waals surface area contributed by atoms with Gasteiger partial charge in [-0.1, -0.05) is 11.2 Å². The summed E-state index contributed by atoms with van der Waals surface area (Å²) in [6, 6.07) is 3.30. The predicted octanol–water partition coefficient (Wildman–Crippen LogP) is 2.06. The molecule has 0 aliphatic carbocycles. The monoisotopic (exact) mass is 248 g/mol. The second kappa shape index (κ2) is 6.53. The number of para-hydroxylation sites is 1. The van der Waals surface area contributed by atoms with E-state index in [-0.39, 0.29) is 57.1 Å². The summed E-state index contributed by atoms with van der Waals surface area (Å²) in [7, 11) is 0. The van der Waals surface area contributed by atoms with Crippen molar-refractivity contribution in [1.29, 1.82) is 0 Å². The molecule has 0 bridgehead atoms. The molecule has 0 heterocycles. The maximum absolute atomic E-state index is 10.5. The van der Waals surface area contributed by atoms with Crippen molar-refractivity contribution in [3.63, 3.8) is 0 Å². The Bertz CT molecular complexity index is 464. The van der Waals surface area contributed by atoms with Gasteiger partial charge in [0.2, 0.25) is 0 Å². The largest absolute Gasteiger partial charge is 0.355 e. The quantitative estimate of drug-likeness (QED) is 0.202. The second-order valence-electron chi connectivity index (χ2n) is 2.35. The van der Waals surface area contributed by atoms with Crippen LogP contribution in [0, 0.1) is 20.2 Å². The van der Waals surface area contributed by atoms with Crippen LogP contribution >= 0.6 is 0 Å². The molecule has 0 aromatic heterocycles. The van der Waals surface area contributed by atoms with E-state index >= 15 is 0 Å². The zero-order valence-electron chi connectivity index (χ0n) is 8.10. The summed E-state index contributed by atoms with van der Waals surface area (Å²) in [5.41, 5.74) is 6.23. The standard InChI is InChI=1S/C6H3N5O4.K/c7-9-8-4-2-1-3-5(10(12)13)6(4)11(14)15;/h1-3H;. The number of nitro benzene ring substituents is 2. The van der Waals surface area contributed by atoms with Gasteiger partial charge in [-0.25, -0.2) is 0 Å². The van der Waals surface area contributed by atoms with Crippen molar-refractivity contribution >= 4 is 68.4 Å². The molecule has 1 rings (SSSR count). The van der Waals surface area contributed by atoms with Crippen LogP contribution in [0.15, 0.2) is 23.3 Å². The van der Waals surface area contributed by atoms with E-state index in [1.54, 1.807) is 0 Å². The van der Waals surface area contributed by atoms with E-state index in [2.05, 4.69) is 10.0 Å². The van der Waals surface area contributed by atoms with Crippen molar-refractivity contribution in [3.05, 3.63) is 48.9 Å². The van der Waals surface area contributed by atoms with Gasteiger partial charge >= 0.3 is 11.4 Å². The minimum atomic E-state index is -0.956. The Morgan fingerprint density at radius 2 is 1.88 bits per heavy atom. The van der Waals surface area contributed by atoms with Crippen LogP contribution in [0.4, 0.5) is 17.1 Å². The van der Waals surface area contributed by atoms with Gasteiger partial charge in [-0.15, -0.1) is 0 Å². The molecule has 1 radical (unpaired) electrons. The zero-order valence-corrected chi connectivity index (χ0v) is 11.2. The van der Waals surface area contributed by atoms with E-state index in [9.17, 15) is 20.2 Å². The molecule has 77 valence electrons. The summed E-state index contributed by atoms with van der Waals surface area (Å²) in [5, 5.41) is 24.0. The second-order valence-corrected chi connectivity index (χ2v) is 2.35. The molecule has 0 N–H and O–H groups in total. The number of benzene rings is 1. The Morgan fingerprint density at radius 1 is 1.25 bits per heavy atom. The van der Waals surface area contributed by atoms with E-state index in [0.717, 1.165) is 12.1 Å². The molecule has 10 heteroatoms. The molecule has 0 aliphatic heterocycles. The Hall–Kier alpha value is -1.03. The SMILES string of the molecule is [K].[N-]=[N+]=Nc1cccc([N+](=O)[O-])c1[N+](=O)[O-]. The minimum absolute atomic E-state index is 0. The van der Waals surface area contributed by atoms with Crippen LogP contribution in [0.25, 0.3) is 10.4 Å². The van der Waals surface area contributed by atoms with Crippen molar-refractivity contribution in [1.82, 2.24) is 0 Å². The Kier molecular flexibility index (Phi) is 6.11. The van der Waals surface area contributed by atoms with Crippen molar-refractivity contribution in [3.8, 4) is 0 Å². The van der Waals surface area contributed by atoms with Crippen LogP contribution in [-0.4, -0.2) is 61.2 Å². The van der Waals surface area contributed by atoms with Crippen LogP contribution in [0.2, 0.25) is 0 Å². The maximum Gasteiger partial charge on any atom is 0.355 e. The smallest absolute Gasteiger partial charge is 0.258 e. The number of nitrogens with zero attached hydrogens (tertiary/aromatic N) is 5. The van der Waals surface area contributed by atoms with Gasteiger partial charge in [0.1, 0.15) is 5.69 Å². The summed E-state index contributed by atoms with van der Waals surface area (Å²) in [6.45, 7) is 0. The zero-order chi connectivity index (χ0) is 11.4. The molecule has 16 heavy (non-hydrogen) atoms. The van der Waals surface area contributed by atoms with Gasteiger partial charge in [0, 0.05) is 62.4 Å². The fraction of sp³-hybridized carbons (Fsp3) is 0. The van der Waals surface area contributed by atoms with Crippen molar-refractivity contribution in [2.75, 3.05) is 0 Å². The summed E-state index contributed by atoms with van der Waals surface area (Å²) in [6.07, 6.45) is 0. The average Bonchev–Trinajstić information content (AvgIpc) is 2.17. The molecule has 0 saturated heterocycles. The predicted molar refractivity (Wildman–Crippen MR) is 54.3 cm³/mol. The molecule has 9 nitrogen and oxygen atoms in total. The van der Waals surface area contributed by atoms with Gasteiger partial charge < -0.3 is 0 Å². The summed E-state index contributed by atoms with van der Waals surface area (Å²) in [5.74, 6) is 0. The molecule has 0 spiro atoms. The van der Waals surface area contributed by atoms with Crippen molar-refractivity contribution in [2.24, 2.45) is 5.11 Å². The van der Waals surface area contributed by atoms with Crippen LogP contribution in [-0.2, 0) is 0 Å². The van der Waals surface area contributed by atoms with Crippen molar-refractivity contribution in [2.45, 2.75) is 0 Å². The first-order valence-corrected chi connectivity index (χ1v) is 3.55. The van der Waals surface area contributed by atoms with Crippen LogP contribution < -0.4 is 0 Å². The van der Waals surface area contributed by atoms with E-state index < -0.39 is 21.2 Å². The number of hydrogen-bond donors (Lipinski definition) is 0. The Morgan fingerprint density at radius 3 is 2.31 bits per heavy atom. The number of rotatable bonds is 3. The normalized spacial score (nSPS) is 8.50. The fourth-order valence-electron chi connectivity index (χ4n) is 0.983. The van der Waals surface area contributed by atoms with Gasteiger partial charge in [-0.05, 0) is 11.6 Å². The van der Waals surface area contributed by atoms with Gasteiger partial charge in [0.05, 0.1) is 9.85 Å². The van der Waals surface area contributed by atoms with Gasteiger partial charge in [-0.2, -0.15) is 0 Å². The molecule has 0 aliphatic rings. The Balaban J connectivity index is 0.00000225. The molecule has 0 saturated carbocycles. The number of nitro groups is 2. The van der Waals surface area contributed by atoms with E-state index in [0.29, 0.717) is 0 Å². The summed E-state index contributed by atoms with van der Waals surface area (Å²) >= 11 is 0. The van der Waals surface area contributed by atoms with E-state index in [1.807, 2.05) is 0 Å². The molecule has 0 fully saturated rings. The fourth-order valence-corrected chi connectivity index (χ4v) is 0.983. The van der Waals surface area contributed by atoms with E-state index in [1.165, 1.54) is 6.07 Å². The van der Waals surface area contributed by atoms with Crippen LogP contribution in [0.3, 0.4) is 0 Å². The van der Waals surface area contributed by atoms with Crippen LogP contribution in [0.5, 0.6) is 0 Å². The molecule has 0 atom stereocenters. The van der Waals surface area contributed by atoms with Crippen LogP contribution in [0.1, 0.15) is 0 Å². The summed E-state index contributed by atoms with van der Waals surface area (Å²) < 4.78 is 0. The van der Waals surface area contributed by atoms with Gasteiger partial charge in [-0.3, -0.25) is 20.2 Å². The molecular weight excluding hydrogens is 245 g/mol. The number of azide groups is 1. The average molecular weight is 248 g/mol. The maximum atomic E-state index is 10.5. The van der Waals surface area contributed by atoms with Gasteiger partial charge in [0.25, 0.3) is 0 Å². The summed E-state index contributed by atoms with van der Waals surface area (Å²) in [4.78, 5) is 21.5. The molecule has 0 amide bonds. The van der Waals surface area contributed by atoms with Crippen molar-refractivity contribution < 1.29 is 9.85 Å². The topological polar surface area (TPSA) is 135 Å². The first-order valence-electron chi connectivity index (χ1n) is 3.55. The molecule has 0 unspecified atom stereocenters. The number of hydrogen-bond acceptors (Lipinski definition) is 5. The first kappa shape index (κ1) is 15.0. The first-order chi connectivity index (χ1) is 7.07. The molecule has 1 aromatic carbocycles. The third-order valence-corrected chi connectivity index (χ3v) is 1.53. The molecule has 1 aromatic rings. The van der Waals surface area contributed by atoms with Gasteiger partial charge in [0.15, 0.2) is 0 Å². The third-order valence-electron chi connectivity index (χ3n) is 1.53. The third kappa shape index (κ3) is 3.23. The minimum Gasteiger partial charge on any atom is -0.258 e. The van der Waals surface area contributed by atoms with E-state index in [4.69, 9.17) is 5.53 Å².